The summed E-state index contributed by atoms with van der Waals surface area (Å²) in [4.78, 5) is 7.13. The van der Waals surface area contributed by atoms with E-state index in [0.717, 1.165) is 44.1 Å². The first-order valence-corrected chi connectivity index (χ1v) is 9.34. The van der Waals surface area contributed by atoms with Gasteiger partial charge in [-0.05, 0) is 25.8 Å². The first-order valence-electron chi connectivity index (χ1n) is 9.34. The van der Waals surface area contributed by atoms with Crippen molar-refractivity contribution in [1.82, 2.24) is 20.0 Å². The Morgan fingerprint density at radius 2 is 2.15 bits per heavy atom. The van der Waals surface area contributed by atoms with E-state index in [1.54, 1.807) is 0 Å². The smallest absolute Gasteiger partial charge is 0.194 e. The quantitative estimate of drug-likeness (QED) is 0.661. The van der Waals surface area contributed by atoms with Crippen LogP contribution in [0.4, 0.5) is 0 Å². The number of hydrogen-bond acceptors (Lipinski definition) is 3. The van der Waals surface area contributed by atoms with E-state index in [9.17, 15) is 0 Å². The molecule has 0 bridgehead atoms. The van der Waals surface area contributed by atoms with Gasteiger partial charge in [-0.25, -0.2) is 0 Å². The fourth-order valence-electron chi connectivity index (χ4n) is 3.12. The number of guanidine groups is 1. The molecule has 1 fully saturated rings. The van der Waals surface area contributed by atoms with Crippen molar-refractivity contribution in [1.29, 1.82) is 0 Å². The molecule has 0 amide bonds. The molecule has 0 aliphatic carbocycles. The zero-order valence-corrected chi connectivity index (χ0v) is 16.0. The van der Waals surface area contributed by atoms with Gasteiger partial charge in [-0.2, -0.15) is 5.10 Å². The number of aliphatic imine (C=N–C) groups is 1. The highest BCUT2D eigenvalue weighted by Gasteiger charge is 2.25. The number of benzene rings is 1. The van der Waals surface area contributed by atoms with E-state index >= 15 is 0 Å². The summed E-state index contributed by atoms with van der Waals surface area (Å²) in [6.07, 6.45) is 4.90. The lowest BCUT2D eigenvalue weighted by Gasteiger charge is -2.34. The number of aromatic nitrogens is 2. The van der Waals surface area contributed by atoms with Crippen LogP contribution in [0.1, 0.15) is 29.7 Å². The number of ether oxygens (including phenoxy) is 1. The van der Waals surface area contributed by atoms with Crippen LogP contribution in [0, 0.1) is 6.92 Å². The third-order valence-corrected chi connectivity index (χ3v) is 4.58. The minimum atomic E-state index is 0.0402. The van der Waals surface area contributed by atoms with Gasteiger partial charge >= 0.3 is 0 Å². The predicted octanol–water partition coefficient (Wildman–Crippen LogP) is 2.31. The minimum absolute atomic E-state index is 0.0402. The molecule has 6 heteroatoms. The topological polar surface area (TPSA) is 54.7 Å². The van der Waals surface area contributed by atoms with E-state index in [1.807, 2.05) is 24.1 Å². The van der Waals surface area contributed by atoms with Gasteiger partial charge in [0.15, 0.2) is 5.96 Å². The fourth-order valence-corrected chi connectivity index (χ4v) is 3.12. The molecular weight excluding hydrogens is 326 g/mol. The number of nitrogens with zero attached hydrogens (tertiary/aromatic N) is 4. The summed E-state index contributed by atoms with van der Waals surface area (Å²) in [6.45, 7) is 8.20. The number of aryl methyl sites for hydroxylation is 2. The van der Waals surface area contributed by atoms with Crippen LogP contribution in [0.5, 0.6) is 0 Å². The average Bonchev–Trinajstić information content (AvgIpc) is 3.09. The number of nitrogens with one attached hydrogen (secondary N) is 1. The maximum Gasteiger partial charge on any atom is 0.194 e. The van der Waals surface area contributed by atoms with Gasteiger partial charge in [-0.15, -0.1) is 0 Å². The molecule has 3 rings (SSSR count). The predicted molar refractivity (Wildman–Crippen MR) is 104 cm³/mol. The second-order valence-electron chi connectivity index (χ2n) is 6.72. The van der Waals surface area contributed by atoms with Crippen LogP contribution >= 0.6 is 0 Å². The van der Waals surface area contributed by atoms with Crippen LogP contribution in [0.3, 0.4) is 0 Å². The summed E-state index contributed by atoms with van der Waals surface area (Å²) in [6, 6.07) is 8.69. The zero-order valence-electron chi connectivity index (χ0n) is 16.0. The fraction of sp³-hybridized carbons (Fsp3) is 0.500. The molecule has 0 radical (unpaired) electrons. The molecule has 1 unspecified atom stereocenters. The van der Waals surface area contributed by atoms with Crippen molar-refractivity contribution in [2.45, 2.75) is 26.4 Å². The minimum Gasteiger partial charge on any atom is -0.370 e. The van der Waals surface area contributed by atoms with Crippen molar-refractivity contribution in [2.24, 2.45) is 12.0 Å². The molecular formula is C20H29N5O. The summed E-state index contributed by atoms with van der Waals surface area (Å²) in [5.41, 5.74) is 3.73. The Labute approximate surface area is 155 Å². The Hall–Kier alpha value is -2.34. The third-order valence-electron chi connectivity index (χ3n) is 4.58. The van der Waals surface area contributed by atoms with Gasteiger partial charge in [0, 0.05) is 38.4 Å². The molecule has 1 aromatic carbocycles. The Morgan fingerprint density at radius 3 is 2.85 bits per heavy atom. The van der Waals surface area contributed by atoms with Crippen LogP contribution in [-0.4, -0.2) is 53.4 Å². The lowest BCUT2D eigenvalue weighted by molar-refractivity contribution is -0.00803. The molecule has 1 atom stereocenters. The molecule has 1 aliphatic heterocycles. The first-order chi connectivity index (χ1) is 12.7. The normalized spacial score (nSPS) is 18.2. The van der Waals surface area contributed by atoms with Crippen molar-refractivity contribution < 1.29 is 4.74 Å². The Morgan fingerprint density at radius 1 is 1.35 bits per heavy atom. The van der Waals surface area contributed by atoms with Crippen LogP contribution in [-0.2, 0) is 18.2 Å². The standard InChI is InChI=1S/C20H29N5O/c1-4-21-20(22-10-9-17-7-5-16(2)6-8-17)25-11-12-26-19(15-25)18-13-23-24(3)14-18/h5-8,13-14,19H,4,9-12,15H2,1-3H3,(H,21,22). The first kappa shape index (κ1) is 18.5. The van der Waals surface area contributed by atoms with Gasteiger partial charge in [-0.1, -0.05) is 29.8 Å². The Kier molecular flexibility index (Phi) is 6.28. The second kappa shape index (κ2) is 8.85. The second-order valence-corrected chi connectivity index (χ2v) is 6.72. The summed E-state index contributed by atoms with van der Waals surface area (Å²) in [7, 11) is 1.93. The van der Waals surface area contributed by atoms with Crippen molar-refractivity contribution >= 4 is 5.96 Å². The maximum atomic E-state index is 5.94. The van der Waals surface area contributed by atoms with E-state index in [0.29, 0.717) is 6.61 Å². The van der Waals surface area contributed by atoms with Crippen molar-refractivity contribution in [3.05, 3.63) is 53.3 Å². The highest BCUT2D eigenvalue weighted by Crippen LogP contribution is 2.21. The van der Waals surface area contributed by atoms with Gasteiger partial charge < -0.3 is 15.0 Å². The molecule has 1 aliphatic rings. The highest BCUT2D eigenvalue weighted by atomic mass is 16.5. The SMILES string of the molecule is CCNC(=NCCc1ccc(C)cc1)N1CCOC(c2cnn(C)c2)C1. The van der Waals surface area contributed by atoms with E-state index in [2.05, 4.69) is 53.4 Å². The maximum absolute atomic E-state index is 5.94. The highest BCUT2D eigenvalue weighted by molar-refractivity contribution is 5.80. The van der Waals surface area contributed by atoms with E-state index in [-0.39, 0.29) is 6.10 Å². The lowest BCUT2D eigenvalue weighted by Crippen LogP contribution is -2.48. The Bertz CT molecular complexity index is 722. The molecule has 1 N–H and O–H groups in total. The summed E-state index contributed by atoms with van der Waals surface area (Å²) in [5, 5.41) is 7.68. The third kappa shape index (κ3) is 4.85. The Balaban J connectivity index is 1.63. The van der Waals surface area contributed by atoms with Gasteiger partial charge in [0.2, 0.25) is 0 Å². The number of morpholine rings is 1. The summed E-state index contributed by atoms with van der Waals surface area (Å²) in [5.74, 6) is 0.969. The number of hydrogen-bond donors (Lipinski definition) is 1. The molecule has 2 heterocycles. The summed E-state index contributed by atoms with van der Waals surface area (Å²) >= 11 is 0. The van der Waals surface area contributed by atoms with Crippen LogP contribution in [0.2, 0.25) is 0 Å². The molecule has 140 valence electrons. The van der Waals surface area contributed by atoms with Crippen molar-refractivity contribution in [3.63, 3.8) is 0 Å². The monoisotopic (exact) mass is 355 g/mol. The average molecular weight is 355 g/mol. The lowest BCUT2D eigenvalue weighted by atomic mass is 10.1. The van der Waals surface area contributed by atoms with Crippen LogP contribution in [0.25, 0.3) is 0 Å². The van der Waals surface area contributed by atoms with E-state index < -0.39 is 0 Å². The summed E-state index contributed by atoms with van der Waals surface area (Å²) < 4.78 is 7.76. The van der Waals surface area contributed by atoms with Gasteiger partial charge in [0.1, 0.15) is 6.10 Å². The largest absolute Gasteiger partial charge is 0.370 e. The zero-order chi connectivity index (χ0) is 18.4. The van der Waals surface area contributed by atoms with E-state index in [1.165, 1.54) is 11.1 Å². The van der Waals surface area contributed by atoms with Gasteiger partial charge in [-0.3, -0.25) is 9.67 Å². The van der Waals surface area contributed by atoms with Crippen LogP contribution < -0.4 is 5.32 Å². The molecule has 0 spiro atoms. The molecule has 2 aromatic rings. The molecule has 0 saturated carbocycles. The van der Waals surface area contributed by atoms with Crippen molar-refractivity contribution in [3.8, 4) is 0 Å². The molecule has 1 aromatic heterocycles. The number of rotatable bonds is 5. The van der Waals surface area contributed by atoms with Crippen LogP contribution in [0.15, 0.2) is 41.7 Å². The van der Waals surface area contributed by atoms with Gasteiger partial charge in [0.25, 0.3) is 0 Å². The van der Waals surface area contributed by atoms with Gasteiger partial charge in [0.05, 0.1) is 19.3 Å². The van der Waals surface area contributed by atoms with Crippen molar-refractivity contribution in [2.75, 3.05) is 32.8 Å². The molecule has 1 saturated heterocycles. The molecule has 26 heavy (non-hydrogen) atoms. The van der Waals surface area contributed by atoms with E-state index in [4.69, 9.17) is 9.73 Å². The molecule has 6 nitrogen and oxygen atoms in total.